The van der Waals surface area contributed by atoms with Crippen molar-refractivity contribution in [3.05, 3.63) is 29.8 Å². The van der Waals surface area contributed by atoms with E-state index in [0.717, 1.165) is 6.54 Å². The number of amides is 2. The Labute approximate surface area is 147 Å². The zero-order valence-electron chi connectivity index (χ0n) is 14.4. The van der Waals surface area contributed by atoms with Gasteiger partial charge in [0.15, 0.2) is 15.6 Å². The Kier molecular flexibility index (Phi) is 4.83. The van der Waals surface area contributed by atoms with Crippen LogP contribution < -0.4 is 5.32 Å². The van der Waals surface area contributed by atoms with Gasteiger partial charge in [-0.05, 0) is 37.7 Å². The molecular formula is C17H23N3O4S. The molecule has 136 valence electrons. The Morgan fingerprint density at radius 1 is 1.12 bits per heavy atom. The maximum Gasteiger partial charge on any atom is 0.322 e. The second kappa shape index (κ2) is 6.76. The predicted molar refractivity (Wildman–Crippen MR) is 95.6 cm³/mol. The molecule has 0 spiro atoms. The zero-order valence-corrected chi connectivity index (χ0v) is 15.3. The first-order valence-electron chi connectivity index (χ1n) is 8.44. The van der Waals surface area contributed by atoms with Crippen LogP contribution in [-0.2, 0) is 9.84 Å². The number of benzene rings is 1. The summed E-state index contributed by atoms with van der Waals surface area (Å²) >= 11 is 0. The van der Waals surface area contributed by atoms with Gasteiger partial charge in [0.2, 0.25) is 0 Å². The molecular weight excluding hydrogens is 342 g/mol. The smallest absolute Gasteiger partial charge is 0.318 e. The van der Waals surface area contributed by atoms with Gasteiger partial charge in [0, 0.05) is 30.4 Å². The van der Waals surface area contributed by atoms with Crippen molar-refractivity contribution in [3.63, 3.8) is 0 Å². The molecule has 0 saturated carbocycles. The summed E-state index contributed by atoms with van der Waals surface area (Å²) in [5.74, 6) is 0.0977. The molecule has 2 heterocycles. The minimum absolute atomic E-state index is 0.0187. The number of anilines is 1. The minimum Gasteiger partial charge on any atom is -0.318 e. The summed E-state index contributed by atoms with van der Waals surface area (Å²) in [7, 11) is -3.13. The molecule has 2 aliphatic heterocycles. The molecule has 2 aliphatic rings. The number of likely N-dealkylation sites (N-methyl/N-ethyl adjacent to an activating group) is 1. The van der Waals surface area contributed by atoms with Crippen LogP contribution in [0.3, 0.4) is 0 Å². The van der Waals surface area contributed by atoms with Crippen LogP contribution >= 0.6 is 0 Å². The van der Waals surface area contributed by atoms with Crippen LogP contribution in [0.4, 0.5) is 10.5 Å². The lowest BCUT2D eigenvalue weighted by molar-refractivity contribution is 0.0744. The molecule has 0 bridgehead atoms. The Hall–Kier alpha value is -1.93. The molecule has 0 radical (unpaired) electrons. The number of rotatable bonds is 3. The van der Waals surface area contributed by atoms with Crippen LogP contribution in [0.5, 0.6) is 0 Å². The minimum atomic E-state index is -3.13. The van der Waals surface area contributed by atoms with Gasteiger partial charge in [-0.2, -0.15) is 0 Å². The predicted octanol–water partition coefficient (Wildman–Crippen LogP) is 1.22. The zero-order chi connectivity index (χ0) is 18.2. The highest BCUT2D eigenvalue weighted by Gasteiger charge is 2.47. The van der Waals surface area contributed by atoms with Gasteiger partial charge in [-0.15, -0.1) is 0 Å². The number of piperazine rings is 1. The van der Waals surface area contributed by atoms with Crippen LogP contribution in [0.2, 0.25) is 0 Å². The summed E-state index contributed by atoms with van der Waals surface area (Å²) in [5.41, 5.74) is 1.17. The van der Waals surface area contributed by atoms with Gasteiger partial charge in [-0.1, -0.05) is 6.92 Å². The van der Waals surface area contributed by atoms with Gasteiger partial charge in [-0.3, -0.25) is 9.69 Å². The molecule has 2 amide bonds. The molecule has 1 aromatic rings. The molecule has 2 saturated heterocycles. The van der Waals surface area contributed by atoms with Gasteiger partial charge >= 0.3 is 6.03 Å². The van der Waals surface area contributed by atoms with Crippen LogP contribution in [-0.4, -0.2) is 73.3 Å². The quantitative estimate of drug-likeness (QED) is 0.814. The van der Waals surface area contributed by atoms with E-state index in [9.17, 15) is 18.0 Å². The monoisotopic (exact) mass is 365 g/mol. The lowest BCUT2D eigenvalue weighted by atomic mass is 10.1. The van der Waals surface area contributed by atoms with Crippen LogP contribution in [0.15, 0.2) is 24.3 Å². The Morgan fingerprint density at radius 2 is 1.76 bits per heavy atom. The number of hydrogen-bond acceptors (Lipinski definition) is 5. The second-order valence-corrected chi connectivity index (χ2v) is 8.75. The largest absolute Gasteiger partial charge is 0.322 e. The first-order chi connectivity index (χ1) is 11.8. The third-order valence-electron chi connectivity index (χ3n) is 5.00. The van der Waals surface area contributed by atoms with E-state index >= 15 is 0 Å². The number of carbonyl (C=O) groups excluding carboxylic acids is 2. The number of carbonyl (C=O) groups is 2. The van der Waals surface area contributed by atoms with Gasteiger partial charge < -0.3 is 10.2 Å². The van der Waals surface area contributed by atoms with Crippen molar-refractivity contribution < 1.29 is 18.0 Å². The molecule has 1 aromatic carbocycles. The van der Waals surface area contributed by atoms with Gasteiger partial charge in [-0.25, -0.2) is 13.2 Å². The number of fused-ring (bicyclic) bond motifs is 1. The fraction of sp³-hybridized carbons (Fsp3) is 0.529. The fourth-order valence-corrected chi connectivity index (χ4v) is 5.66. The van der Waals surface area contributed by atoms with E-state index in [1.807, 2.05) is 6.92 Å². The van der Waals surface area contributed by atoms with Gasteiger partial charge in [0.05, 0.1) is 17.5 Å². The highest BCUT2D eigenvalue weighted by Crippen LogP contribution is 2.27. The molecule has 1 N–H and O–H groups in total. The molecule has 7 nitrogen and oxygen atoms in total. The van der Waals surface area contributed by atoms with E-state index in [4.69, 9.17) is 0 Å². The average molecular weight is 365 g/mol. The Morgan fingerprint density at radius 3 is 2.36 bits per heavy atom. The summed E-state index contributed by atoms with van der Waals surface area (Å²) < 4.78 is 24.1. The molecule has 8 heteroatoms. The van der Waals surface area contributed by atoms with Crippen LogP contribution in [0.25, 0.3) is 0 Å². The summed E-state index contributed by atoms with van der Waals surface area (Å²) in [4.78, 5) is 27.8. The van der Waals surface area contributed by atoms with Crippen molar-refractivity contribution in [2.24, 2.45) is 0 Å². The summed E-state index contributed by atoms with van der Waals surface area (Å²) in [6.45, 7) is 5.44. The summed E-state index contributed by atoms with van der Waals surface area (Å²) in [5, 5.41) is 2.81. The first kappa shape index (κ1) is 17.9. The lowest BCUT2D eigenvalue weighted by Gasteiger charge is -2.43. The van der Waals surface area contributed by atoms with Crippen LogP contribution in [0, 0.1) is 0 Å². The van der Waals surface area contributed by atoms with E-state index in [1.165, 1.54) is 6.92 Å². The van der Waals surface area contributed by atoms with Crippen molar-refractivity contribution in [2.45, 2.75) is 25.9 Å². The van der Waals surface area contributed by atoms with E-state index in [0.29, 0.717) is 24.3 Å². The van der Waals surface area contributed by atoms with Crippen molar-refractivity contribution in [2.75, 3.05) is 36.5 Å². The lowest BCUT2D eigenvalue weighted by Crippen LogP contribution is -2.61. The third kappa shape index (κ3) is 3.69. The van der Waals surface area contributed by atoms with E-state index in [-0.39, 0.29) is 35.4 Å². The van der Waals surface area contributed by atoms with Gasteiger partial charge in [0.1, 0.15) is 0 Å². The molecule has 25 heavy (non-hydrogen) atoms. The molecule has 3 rings (SSSR count). The number of nitrogens with zero attached hydrogens (tertiary/aromatic N) is 2. The molecule has 0 unspecified atom stereocenters. The molecule has 0 aromatic heterocycles. The van der Waals surface area contributed by atoms with E-state index in [1.54, 1.807) is 29.2 Å². The highest BCUT2D eigenvalue weighted by molar-refractivity contribution is 7.91. The Bertz CT molecular complexity index is 776. The number of nitrogens with one attached hydrogen (secondary N) is 1. The van der Waals surface area contributed by atoms with E-state index < -0.39 is 9.84 Å². The first-order valence-corrected chi connectivity index (χ1v) is 10.3. The van der Waals surface area contributed by atoms with E-state index in [2.05, 4.69) is 10.2 Å². The third-order valence-corrected chi connectivity index (χ3v) is 6.70. The number of urea groups is 1. The standard InChI is InChI=1S/C17H23N3O4S/c1-3-19-8-9-20(16-11-25(23,24)10-15(16)19)17(22)18-14-6-4-13(5-7-14)12(2)21/h4-7,15-16H,3,8-11H2,1-2H3,(H,18,22)/t15-,16+/m1/s1. The fourth-order valence-electron chi connectivity index (χ4n) is 3.65. The maximum atomic E-state index is 12.7. The summed E-state index contributed by atoms with van der Waals surface area (Å²) in [6.07, 6.45) is 0. The second-order valence-electron chi connectivity index (χ2n) is 6.60. The van der Waals surface area contributed by atoms with Crippen molar-refractivity contribution >= 4 is 27.3 Å². The normalized spacial score (nSPS) is 25.4. The average Bonchev–Trinajstić information content (AvgIpc) is 2.89. The molecule has 2 fully saturated rings. The Balaban J connectivity index is 1.74. The maximum absolute atomic E-state index is 12.7. The number of ketones is 1. The van der Waals surface area contributed by atoms with Crippen molar-refractivity contribution in [1.29, 1.82) is 0 Å². The van der Waals surface area contributed by atoms with Gasteiger partial charge in [0.25, 0.3) is 0 Å². The number of hydrogen-bond donors (Lipinski definition) is 1. The topological polar surface area (TPSA) is 86.8 Å². The molecule has 0 aliphatic carbocycles. The highest BCUT2D eigenvalue weighted by atomic mass is 32.2. The number of Topliss-reactive ketones (excluding diaryl/α,β-unsaturated/α-hetero) is 1. The summed E-state index contributed by atoms with van der Waals surface area (Å²) in [6, 6.07) is 5.95. The van der Waals surface area contributed by atoms with Crippen LogP contribution in [0.1, 0.15) is 24.2 Å². The van der Waals surface area contributed by atoms with Crippen molar-refractivity contribution in [3.8, 4) is 0 Å². The molecule has 2 atom stereocenters. The SMILES string of the molecule is CCN1CCN(C(=O)Nc2ccc(C(C)=O)cc2)[C@H]2CS(=O)(=O)C[C@H]21. The number of sulfone groups is 1. The van der Waals surface area contributed by atoms with Crippen molar-refractivity contribution in [1.82, 2.24) is 9.80 Å².